The fraction of sp³-hybridized carbons (Fsp3) is 0.179. The molecule has 2 aromatic heterocycles. The van der Waals surface area contributed by atoms with E-state index in [1.165, 1.54) is 16.2 Å². The fourth-order valence-electron chi connectivity index (χ4n) is 4.63. The SMILES string of the molecule is CCc1ccc2c(c1)C=Cc1cc(C)ccc1C2c1cn(Cc2ccc(C(=O)O)o2)c(=O)[nH]c1=S. The van der Waals surface area contributed by atoms with Crippen molar-refractivity contribution in [2.75, 3.05) is 0 Å². The van der Waals surface area contributed by atoms with Gasteiger partial charge in [-0.15, -0.1) is 0 Å². The number of nitrogens with one attached hydrogen (secondary N) is 1. The van der Waals surface area contributed by atoms with Gasteiger partial charge in [0.05, 0.1) is 6.54 Å². The predicted molar refractivity (Wildman–Crippen MR) is 138 cm³/mol. The van der Waals surface area contributed by atoms with Gasteiger partial charge in [0.1, 0.15) is 10.4 Å². The molecule has 5 rings (SSSR count). The Hall–Kier alpha value is -3.97. The molecule has 0 saturated carbocycles. The first kappa shape index (κ1) is 22.8. The summed E-state index contributed by atoms with van der Waals surface area (Å²) in [4.78, 5) is 26.8. The summed E-state index contributed by atoms with van der Waals surface area (Å²) in [5, 5.41) is 9.15. The fourth-order valence-corrected chi connectivity index (χ4v) is 4.89. The molecular formula is C28H24N2O4S. The Morgan fingerprint density at radius 1 is 1.06 bits per heavy atom. The Bertz CT molecular complexity index is 1610. The highest BCUT2D eigenvalue weighted by molar-refractivity contribution is 7.71. The molecule has 0 aliphatic heterocycles. The summed E-state index contributed by atoms with van der Waals surface area (Å²) in [6.07, 6.45) is 6.98. The summed E-state index contributed by atoms with van der Waals surface area (Å²) in [5.41, 5.74) is 7.25. The summed E-state index contributed by atoms with van der Waals surface area (Å²) < 4.78 is 7.23. The molecule has 2 aromatic carbocycles. The first-order valence-corrected chi connectivity index (χ1v) is 11.8. The standard InChI is InChI=1S/C28H24N2O4S/c1-3-17-5-10-22-19(13-17)7-6-18-12-16(2)4-9-21(18)25(22)23-15-30(28(33)29-26(23)35)14-20-8-11-24(34-20)27(31)32/h4-13,15,25H,3,14H2,1-2H3,(H,31,32)(H,29,33,35). The van der Waals surface area contributed by atoms with Crippen LogP contribution in [0.1, 0.15) is 68.1 Å². The second kappa shape index (κ2) is 9.00. The van der Waals surface area contributed by atoms with Crippen LogP contribution in [0.15, 0.2) is 63.9 Å². The van der Waals surface area contributed by atoms with Gasteiger partial charge in [0.25, 0.3) is 0 Å². The molecule has 0 amide bonds. The van der Waals surface area contributed by atoms with E-state index in [9.17, 15) is 9.59 Å². The quantitative estimate of drug-likeness (QED) is 0.309. The number of carbonyl (C=O) groups is 1. The van der Waals surface area contributed by atoms with E-state index in [1.807, 2.05) is 0 Å². The van der Waals surface area contributed by atoms with E-state index in [4.69, 9.17) is 21.7 Å². The second-order valence-electron chi connectivity index (χ2n) is 8.76. The molecule has 35 heavy (non-hydrogen) atoms. The van der Waals surface area contributed by atoms with Crippen LogP contribution in [0.2, 0.25) is 0 Å². The Morgan fingerprint density at radius 2 is 1.77 bits per heavy atom. The van der Waals surface area contributed by atoms with E-state index in [-0.39, 0.29) is 23.9 Å². The van der Waals surface area contributed by atoms with Crippen molar-refractivity contribution >= 4 is 30.3 Å². The van der Waals surface area contributed by atoms with E-state index in [2.05, 4.69) is 67.4 Å². The van der Waals surface area contributed by atoms with Gasteiger partial charge >= 0.3 is 11.7 Å². The van der Waals surface area contributed by atoms with Gasteiger partial charge in [-0.25, -0.2) is 9.59 Å². The van der Waals surface area contributed by atoms with Crippen LogP contribution >= 0.6 is 12.2 Å². The van der Waals surface area contributed by atoms with E-state index in [0.29, 0.717) is 10.4 Å². The minimum Gasteiger partial charge on any atom is -0.475 e. The summed E-state index contributed by atoms with van der Waals surface area (Å²) in [6.45, 7) is 4.28. The Morgan fingerprint density at radius 3 is 2.46 bits per heavy atom. The molecule has 0 bridgehead atoms. The minimum absolute atomic E-state index is 0.0819. The van der Waals surface area contributed by atoms with Crippen LogP contribution in [0.4, 0.5) is 0 Å². The van der Waals surface area contributed by atoms with Crippen molar-refractivity contribution < 1.29 is 14.3 Å². The first-order chi connectivity index (χ1) is 16.8. The molecule has 1 aliphatic rings. The van der Waals surface area contributed by atoms with Crippen molar-refractivity contribution in [1.29, 1.82) is 0 Å². The van der Waals surface area contributed by atoms with Crippen molar-refractivity contribution in [1.82, 2.24) is 9.55 Å². The average Bonchev–Trinajstić information content (AvgIpc) is 3.25. The van der Waals surface area contributed by atoms with Gasteiger partial charge in [-0.1, -0.05) is 73.3 Å². The Balaban J connectivity index is 1.69. The molecule has 7 heteroatoms. The van der Waals surface area contributed by atoms with Gasteiger partial charge in [-0.3, -0.25) is 9.55 Å². The van der Waals surface area contributed by atoms with E-state index in [1.54, 1.807) is 12.3 Å². The van der Waals surface area contributed by atoms with Gasteiger partial charge < -0.3 is 9.52 Å². The van der Waals surface area contributed by atoms with Gasteiger partial charge in [-0.2, -0.15) is 0 Å². The number of H-pyrrole nitrogens is 1. The van der Waals surface area contributed by atoms with Crippen LogP contribution in [0.3, 0.4) is 0 Å². The number of rotatable bonds is 5. The monoisotopic (exact) mass is 484 g/mol. The van der Waals surface area contributed by atoms with Crippen molar-refractivity contribution in [2.45, 2.75) is 32.7 Å². The molecule has 1 atom stereocenters. The maximum Gasteiger partial charge on any atom is 0.371 e. The largest absolute Gasteiger partial charge is 0.475 e. The average molecular weight is 485 g/mol. The zero-order valence-electron chi connectivity index (χ0n) is 19.4. The van der Waals surface area contributed by atoms with Gasteiger partial charge in [0.2, 0.25) is 5.76 Å². The number of aryl methyl sites for hydroxylation is 2. The maximum absolute atomic E-state index is 12.8. The zero-order chi connectivity index (χ0) is 24.7. The highest BCUT2D eigenvalue weighted by atomic mass is 32.1. The lowest BCUT2D eigenvalue weighted by atomic mass is 9.82. The minimum atomic E-state index is -1.15. The number of furan rings is 1. The third kappa shape index (κ3) is 4.31. The number of hydrogen-bond donors (Lipinski definition) is 2. The predicted octanol–water partition coefficient (Wildman–Crippen LogP) is 5.78. The van der Waals surface area contributed by atoms with Crippen LogP contribution in [0.5, 0.6) is 0 Å². The molecule has 0 spiro atoms. The topological polar surface area (TPSA) is 88.2 Å². The summed E-state index contributed by atoms with van der Waals surface area (Å²) in [7, 11) is 0. The lowest BCUT2D eigenvalue weighted by Gasteiger charge is -2.22. The van der Waals surface area contributed by atoms with Crippen LogP contribution in [-0.4, -0.2) is 20.6 Å². The molecule has 1 unspecified atom stereocenters. The molecule has 0 saturated heterocycles. The molecule has 2 N–H and O–H groups in total. The summed E-state index contributed by atoms with van der Waals surface area (Å²) in [6, 6.07) is 15.8. The highest BCUT2D eigenvalue weighted by Crippen LogP contribution is 2.40. The second-order valence-corrected chi connectivity index (χ2v) is 9.17. The molecule has 0 radical (unpaired) electrons. The number of aromatic amines is 1. The lowest BCUT2D eigenvalue weighted by molar-refractivity contribution is 0.0660. The Labute approximate surface area is 207 Å². The van der Waals surface area contributed by atoms with E-state index < -0.39 is 5.97 Å². The number of benzene rings is 2. The van der Waals surface area contributed by atoms with Gasteiger partial charge in [-0.05, 0) is 53.3 Å². The molecule has 4 aromatic rings. The van der Waals surface area contributed by atoms with Crippen molar-refractivity contribution in [3.63, 3.8) is 0 Å². The lowest BCUT2D eigenvalue weighted by Crippen LogP contribution is -2.25. The smallest absolute Gasteiger partial charge is 0.371 e. The molecule has 1 aliphatic carbocycles. The number of carboxylic acid groups (broad SMARTS) is 1. The number of aromatic nitrogens is 2. The normalized spacial score (nSPS) is 14.3. The van der Waals surface area contributed by atoms with E-state index in [0.717, 1.165) is 39.8 Å². The molecule has 6 nitrogen and oxygen atoms in total. The number of nitrogens with zero attached hydrogens (tertiary/aromatic N) is 1. The number of fused-ring (bicyclic) bond motifs is 2. The molecule has 2 heterocycles. The Kier molecular flexibility index (Phi) is 5.86. The van der Waals surface area contributed by atoms with Gasteiger partial charge in [0.15, 0.2) is 0 Å². The first-order valence-electron chi connectivity index (χ1n) is 11.4. The molecular weight excluding hydrogens is 460 g/mol. The summed E-state index contributed by atoms with van der Waals surface area (Å²) >= 11 is 5.67. The molecule has 176 valence electrons. The van der Waals surface area contributed by atoms with Crippen molar-refractivity contribution in [3.8, 4) is 0 Å². The number of hydrogen-bond acceptors (Lipinski definition) is 4. The third-order valence-electron chi connectivity index (χ3n) is 6.41. The van der Waals surface area contributed by atoms with Crippen molar-refractivity contribution in [3.05, 3.63) is 120 Å². The zero-order valence-corrected chi connectivity index (χ0v) is 20.2. The highest BCUT2D eigenvalue weighted by Gasteiger charge is 2.26. The van der Waals surface area contributed by atoms with Crippen LogP contribution < -0.4 is 5.69 Å². The third-order valence-corrected chi connectivity index (χ3v) is 6.75. The summed E-state index contributed by atoms with van der Waals surface area (Å²) in [5.74, 6) is -1.15. The maximum atomic E-state index is 12.8. The number of carboxylic acids is 1. The number of aromatic carboxylic acids is 1. The van der Waals surface area contributed by atoms with E-state index >= 15 is 0 Å². The van der Waals surface area contributed by atoms with Crippen LogP contribution in [0, 0.1) is 11.6 Å². The van der Waals surface area contributed by atoms with Crippen LogP contribution in [0.25, 0.3) is 12.2 Å². The van der Waals surface area contributed by atoms with Crippen molar-refractivity contribution in [2.24, 2.45) is 0 Å². The van der Waals surface area contributed by atoms with Gasteiger partial charge in [0, 0.05) is 17.7 Å². The van der Waals surface area contributed by atoms with Crippen LogP contribution in [-0.2, 0) is 13.0 Å². The molecule has 0 fully saturated rings.